The van der Waals surface area contributed by atoms with Gasteiger partial charge in [0.05, 0.1) is 11.1 Å². The highest BCUT2D eigenvalue weighted by molar-refractivity contribution is 5.84. The Bertz CT molecular complexity index is 565. The smallest absolute Gasteiger partial charge is 0.412 e. The van der Waals surface area contributed by atoms with E-state index in [1.807, 2.05) is 0 Å². The predicted octanol–water partition coefficient (Wildman–Crippen LogP) is 2.33. The normalized spacial score (nSPS) is 9.89. The zero-order chi connectivity index (χ0) is 13.7. The van der Waals surface area contributed by atoms with E-state index in [0.717, 1.165) is 0 Å². The molecule has 1 aromatic carbocycles. The van der Waals surface area contributed by atoms with Gasteiger partial charge in [0.2, 0.25) is 0 Å². The Hall–Kier alpha value is -2.90. The molecule has 1 aromatic heterocycles. The van der Waals surface area contributed by atoms with E-state index in [-0.39, 0.29) is 12.3 Å². The minimum atomic E-state index is -0.690. The summed E-state index contributed by atoms with van der Waals surface area (Å²) in [6.45, 7) is -0.0428. The van der Waals surface area contributed by atoms with Gasteiger partial charge in [0.1, 0.15) is 0 Å². The van der Waals surface area contributed by atoms with Crippen molar-refractivity contribution in [1.29, 1.82) is 0 Å². The first kappa shape index (κ1) is 12.6. The van der Waals surface area contributed by atoms with Crippen LogP contribution in [-0.2, 0) is 11.3 Å². The fraction of sp³-hybridized carbons (Fsp3) is 0.0909. The number of carbonyl (C=O) groups is 1. The van der Waals surface area contributed by atoms with Crippen molar-refractivity contribution < 1.29 is 18.9 Å². The minimum Gasteiger partial charge on any atom is -0.445 e. The molecule has 0 radical (unpaired) electrons. The number of benzene rings is 1. The molecule has 0 bridgehead atoms. The Morgan fingerprint density at radius 1 is 1.42 bits per heavy atom. The van der Waals surface area contributed by atoms with E-state index in [9.17, 15) is 14.9 Å². The summed E-state index contributed by atoms with van der Waals surface area (Å²) < 4.78 is 9.74. The molecule has 98 valence electrons. The summed E-state index contributed by atoms with van der Waals surface area (Å²) in [7, 11) is 0. The first-order chi connectivity index (χ1) is 9.15. The van der Waals surface area contributed by atoms with Gasteiger partial charge in [0.15, 0.2) is 18.8 Å². The first-order valence-corrected chi connectivity index (χ1v) is 5.21. The van der Waals surface area contributed by atoms with Crippen LogP contribution in [-0.4, -0.2) is 16.0 Å². The summed E-state index contributed by atoms with van der Waals surface area (Å²) in [4.78, 5) is 25.0. The Morgan fingerprint density at radius 3 is 2.74 bits per heavy atom. The van der Waals surface area contributed by atoms with Crippen LogP contribution in [0.1, 0.15) is 5.76 Å². The van der Waals surface area contributed by atoms with E-state index >= 15 is 0 Å². The quantitative estimate of drug-likeness (QED) is 0.669. The van der Waals surface area contributed by atoms with Crippen molar-refractivity contribution in [1.82, 2.24) is 4.98 Å². The van der Waals surface area contributed by atoms with Crippen molar-refractivity contribution in [2.75, 3.05) is 5.32 Å². The zero-order valence-corrected chi connectivity index (χ0v) is 9.61. The number of anilines is 1. The largest absolute Gasteiger partial charge is 0.445 e. The number of rotatable bonds is 4. The van der Waals surface area contributed by atoms with Gasteiger partial charge in [-0.2, -0.15) is 0 Å². The highest BCUT2D eigenvalue weighted by Crippen LogP contribution is 2.15. The molecule has 0 saturated heterocycles. The number of carbonyl (C=O) groups excluding carboxylic acids is 1. The Labute approximate surface area is 107 Å². The predicted molar refractivity (Wildman–Crippen MR) is 63.4 cm³/mol. The van der Waals surface area contributed by atoms with E-state index in [1.165, 1.54) is 36.9 Å². The maximum absolute atomic E-state index is 11.4. The van der Waals surface area contributed by atoms with Gasteiger partial charge in [-0.1, -0.05) is 0 Å². The molecule has 0 aliphatic carbocycles. The monoisotopic (exact) mass is 263 g/mol. The summed E-state index contributed by atoms with van der Waals surface area (Å²) in [5, 5.41) is 12.9. The Morgan fingerprint density at radius 2 is 2.16 bits per heavy atom. The number of ether oxygens (including phenoxy) is 1. The van der Waals surface area contributed by atoms with Gasteiger partial charge in [-0.05, 0) is 12.1 Å². The molecule has 19 heavy (non-hydrogen) atoms. The van der Waals surface area contributed by atoms with Crippen LogP contribution in [0.2, 0.25) is 0 Å². The average Bonchev–Trinajstić information content (AvgIpc) is 2.90. The standard InChI is InChI=1S/C11H9N3O5/c15-11(18-6-10-5-12-7-19-10)13-8-1-3-9(4-2-8)14(16)17/h1-5,7H,6H2,(H,13,15). The third kappa shape index (κ3) is 3.53. The van der Waals surface area contributed by atoms with Crippen molar-refractivity contribution in [2.24, 2.45) is 0 Å². The summed E-state index contributed by atoms with van der Waals surface area (Å²) in [6.07, 6.45) is 1.97. The first-order valence-electron chi connectivity index (χ1n) is 5.21. The zero-order valence-electron chi connectivity index (χ0n) is 9.61. The molecule has 1 heterocycles. The van der Waals surface area contributed by atoms with E-state index < -0.39 is 11.0 Å². The van der Waals surface area contributed by atoms with E-state index in [2.05, 4.69) is 10.3 Å². The molecule has 1 N–H and O–H groups in total. The number of non-ortho nitro benzene ring substituents is 1. The average molecular weight is 263 g/mol. The lowest BCUT2D eigenvalue weighted by Crippen LogP contribution is -2.13. The number of nitrogens with zero attached hydrogens (tertiary/aromatic N) is 2. The molecule has 2 aromatic rings. The Kier molecular flexibility index (Phi) is 3.72. The third-order valence-electron chi connectivity index (χ3n) is 2.15. The van der Waals surface area contributed by atoms with E-state index in [0.29, 0.717) is 11.4 Å². The third-order valence-corrected chi connectivity index (χ3v) is 2.15. The van der Waals surface area contributed by atoms with Gasteiger partial charge in [-0.15, -0.1) is 0 Å². The molecule has 1 amide bonds. The molecular weight excluding hydrogens is 254 g/mol. The number of amides is 1. The van der Waals surface area contributed by atoms with E-state index in [4.69, 9.17) is 9.15 Å². The van der Waals surface area contributed by atoms with Gasteiger partial charge in [-0.25, -0.2) is 9.78 Å². The lowest BCUT2D eigenvalue weighted by Gasteiger charge is -2.05. The lowest BCUT2D eigenvalue weighted by atomic mass is 10.3. The molecule has 0 atom stereocenters. The molecular formula is C11H9N3O5. The number of hydrogen-bond donors (Lipinski definition) is 1. The fourth-order valence-electron chi connectivity index (χ4n) is 1.27. The molecule has 0 saturated carbocycles. The number of aromatic nitrogens is 1. The van der Waals surface area contributed by atoms with Crippen LogP contribution >= 0.6 is 0 Å². The molecule has 0 spiro atoms. The van der Waals surface area contributed by atoms with Crippen molar-refractivity contribution in [3.63, 3.8) is 0 Å². The van der Waals surface area contributed by atoms with Crippen molar-refractivity contribution in [3.05, 3.63) is 52.7 Å². The second-order valence-electron chi connectivity index (χ2n) is 3.47. The van der Waals surface area contributed by atoms with Crippen LogP contribution < -0.4 is 5.32 Å². The highest BCUT2D eigenvalue weighted by Gasteiger charge is 2.08. The van der Waals surface area contributed by atoms with Gasteiger partial charge < -0.3 is 9.15 Å². The SMILES string of the molecule is O=C(Nc1ccc([N+](=O)[O-])cc1)OCc1cnco1. The summed E-state index contributed by atoms with van der Waals surface area (Å²) >= 11 is 0. The lowest BCUT2D eigenvalue weighted by molar-refractivity contribution is -0.384. The maximum atomic E-state index is 11.4. The fourth-order valence-corrected chi connectivity index (χ4v) is 1.27. The second-order valence-corrected chi connectivity index (χ2v) is 3.47. The van der Waals surface area contributed by atoms with Crippen molar-refractivity contribution in [2.45, 2.75) is 6.61 Å². The highest BCUT2D eigenvalue weighted by atomic mass is 16.6. The van der Waals surface area contributed by atoms with E-state index in [1.54, 1.807) is 0 Å². The van der Waals surface area contributed by atoms with Crippen LogP contribution in [0.15, 0.2) is 41.3 Å². The molecule has 0 aliphatic rings. The summed E-state index contributed by atoms with van der Waals surface area (Å²) in [5.74, 6) is 0.416. The van der Waals surface area contributed by atoms with Crippen LogP contribution in [0.4, 0.5) is 16.2 Å². The molecule has 0 unspecified atom stereocenters. The number of oxazole rings is 1. The van der Waals surface area contributed by atoms with Gasteiger partial charge in [0.25, 0.3) is 5.69 Å². The maximum Gasteiger partial charge on any atom is 0.412 e. The van der Waals surface area contributed by atoms with Crippen molar-refractivity contribution in [3.8, 4) is 0 Å². The number of nitro groups is 1. The molecule has 0 aliphatic heterocycles. The van der Waals surface area contributed by atoms with Crippen LogP contribution in [0.5, 0.6) is 0 Å². The Balaban J connectivity index is 1.86. The van der Waals surface area contributed by atoms with Crippen LogP contribution in [0.25, 0.3) is 0 Å². The van der Waals surface area contributed by atoms with Crippen LogP contribution in [0.3, 0.4) is 0 Å². The molecule has 0 fully saturated rings. The summed E-state index contributed by atoms with van der Waals surface area (Å²) in [5.41, 5.74) is 0.341. The number of nitrogens with one attached hydrogen (secondary N) is 1. The topological polar surface area (TPSA) is 108 Å². The van der Waals surface area contributed by atoms with Gasteiger partial charge >= 0.3 is 6.09 Å². The molecule has 8 nitrogen and oxygen atoms in total. The number of hydrogen-bond acceptors (Lipinski definition) is 6. The molecule has 2 rings (SSSR count). The van der Waals surface area contributed by atoms with Gasteiger partial charge in [-0.3, -0.25) is 15.4 Å². The molecule has 8 heteroatoms. The van der Waals surface area contributed by atoms with Crippen molar-refractivity contribution >= 4 is 17.5 Å². The van der Waals surface area contributed by atoms with Gasteiger partial charge in [0, 0.05) is 17.8 Å². The number of nitro benzene ring substituents is 1. The second kappa shape index (κ2) is 5.63. The van der Waals surface area contributed by atoms with Crippen LogP contribution in [0, 0.1) is 10.1 Å². The minimum absolute atomic E-state index is 0.0428. The summed E-state index contributed by atoms with van der Waals surface area (Å²) in [6, 6.07) is 5.39.